The standard InChI is InChI=1S/C32H16N6O8/c39-35(40)19-5-9-23-24-10-6-20(36(41)42)14-28(24)31(27(23)13-19)33-17-1-2-18(4-3-17)34-32-29-15-21(37(43)44)7-11-25(29)26-12-8-22(38(45)46)16-30(26)32/h1-16H. The van der Waals surface area contributed by atoms with E-state index in [-0.39, 0.29) is 22.7 Å². The molecule has 0 saturated carbocycles. The Bertz CT molecular complexity index is 1990. The van der Waals surface area contributed by atoms with Crippen LogP contribution in [-0.4, -0.2) is 31.1 Å². The Labute approximate surface area is 257 Å². The Kier molecular flexibility index (Phi) is 6.26. The van der Waals surface area contributed by atoms with Gasteiger partial charge in [-0.15, -0.1) is 0 Å². The molecule has 222 valence electrons. The minimum atomic E-state index is -0.528. The summed E-state index contributed by atoms with van der Waals surface area (Å²) in [6.07, 6.45) is 0. The van der Waals surface area contributed by atoms with E-state index in [4.69, 9.17) is 9.98 Å². The normalized spacial score (nSPS) is 12.1. The van der Waals surface area contributed by atoms with Gasteiger partial charge in [0.15, 0.2) is 0 Å². The number of hydrogen-bond donors (Lipinski definition) is 0. The van der Waals surface area contributed by atoms with Gasteiger partial charge in [-0.1, -0.05) is 0 Å². The average molecular weight is 613 g/mol. The smallest absolute Gasteiger partial charge is 0.258 e. The van der Waals surface area contributed by atoms with E-state index >= 15 is 0 Å². The number of rotatable bonds is 6. The number of fused-ring (bicyclic) bond motifs is 6. The minimum absolute atomic E-state index is 0.155. The third kappa shape index (κ3) is 4.53. The Morgan fingerprint density at radius 1 is 0.348 bits per heavy atom. The maximum atomic E-state index is 11.5. The van der Waals surface area contributed by atoms with Crippen LogP contribution in [0, 0.1) is 40.5 Å². The molecule has 2 aliphatic carbocycles. The van der Waals surface area contributed by atoms with Gasteiger partial charge in [0.2, 0.25) is 0 Å². The monoisotopic (exact) mass is 612 g/mol. The van der Waals surface area contributed by atoms with E-state index in [1.165, 1.54) is 48.5 Å². The van der Waals surface area contributed by atoms with Crippen molar-refractivity contribution in [3.8, 4) is 22.3 Å². The van der Waals surface area contributed by atoms with Gasteiger partial charge in [0.05, 0.1) is 42.5 Å². The summed E-state index contributed by atoms with van der Waals surface area (Å²) in [4.78, 5) is 53.4. The zero-order chi connectivity index (χ0) is 32.3. The quantitative estimate of drug-likeness (QED) is 0.135. The maximum Gasteiger partial charge on any atom is 0.270 e. The highest BCUT2D eigenvalue weighted by Crippen LogP contribution is 2.43. The maximum absolute atomic E-state index is 11.5. The number of nitrogens with zero attached hydrogens (tertiary/aromatic N) is 6. The van der Waals surface area contributed by atoms with Crippen LogP contribution in [0.3, 0.4) is 0 Å². The number of hydrogen-bond acceptors (Lipinski definition) is 10. The van der Waals surface area contributed by atoms with E-state index in [1.54, 1.807) is 48.5 Å². The second kappa shape index (κ2) is 10.3. The van der Waals surface area contributed by atoms with Gasteiger partial charge in [-0.25, -0.2) is 9.98 Å². The molecule has 14 heteroatoms. The van der Waals surface area contributed by atoms with E-state index in [0.29, 0.717) is 67.3 Å². The van der Waals surface area contributed by atoms with E-state index in [9.17, 15) is 40.5 Å². The van der Waals surface area contributed by atoms with E-state index in [2.05, 4.69) is 0 Å². The second-order valence-electron chi connectivity index (χ2n) is 10.4. The zero-order valence-corrected chi connectivity index (χ0v) is 23.2. The summed E-state index contributed by atoms with van der Waals surface area (Å²) in [5, 5.41) is 46.1. The molecular formula is C32H16N6O8. The highest BCUT2D eigenvalue weighted by atomic mass is 16.6. The van der Waals surface area contributed by atoms with Gasteiger partial charge < -0.3 is 0 Å². The number of non-ortho nitro benzene ring substituents is 4. The van der Waals surface area contributed by atoms with Crippen LogP contribution in [0.2, 0.25) is 0 Å². The molecule has 0 aliphatic heterocycles. The molecule has 0 heterocycles. The third-order valence-corrected chi connectivity index (χ3v) is 7.79. The highest BCUT2D eigenvalue weighted by molar-refractivity contribution is 6.26. The van der Waals surface area contributed by atoms with Crippen molar-refractivity contribution in [2.75, 3.05) is 0 Å². The van der Waals surface area contributed by atoms with Crippen molar-refractivity contribution in [1.82, 2.24) is 0 Å². The first-order chi connectivity index (χ1) is 22.1. The number of aliphatic imine (C=N–C) groups is 2. The predicted molar refractivity (Wildman–Crippen MR) is 167 cm³/mol. The Morgan fingerprint density at radius 2 is 0.587 bits per heavy atom. The summed E-state index contributed by atoms with van der Waals surface area (Å²) >= 11 is 0. The SMILES string of the molecule is O=[N+]([O-])c1ccc2c(c1)C(=Nc1ccc(N=C3c4cc([N+](=O)[O-])ccc4-c4ccc([N+](=O)[O-])cc43)cc1)c1cc([N+](=O)[O-])ccc1-2. The molecule has 46 heavy (non-hydrogen) atoms. The number of nitro benzene ring substituents is 4. The van der Waals surface area contributed by atoms with Gasteiger partial charge in [-0.05, 0) is 70.8 Å². The fourth-order valence-corrected chi connectivity index (χ4v) is 5.70. The molecule has 5 aromatic rings. The number of benzene rings is 5. The lowest BCUT2D eigenvalue weighted by Crippen LogP contribution is -2.00. The van der Waals surface area contributed by atoms with Crippen molar-refractivity contribution >= 4 is 45.5 Å². The van der Waals surface area contributed by atoms with Crippen molar-refractivity contribution in [1.29, 1.82) is 0 Å². The fourth-order valence-electron chi connectivity index (χ4n) is 5.70. The fraction of sp³-hybridized carbons (Fsp3) is 0. The summed E-state index contributed by atoms with van der Waals surface area (Å²) < 4.78 is 0. The van der Waals surface area contributed by atoms with Gasteiger partial charge in [-0.2, -0.15) is 0 Å². The summed E-state index contributed by atoms with van der Waals surface area (Å²) in [5.74, 6) is 0. The van der Waals surface area contributed by atoms with Gasteiger partial charge in [-0.3, -0.25) is 40.5 Å². The molecule has 5 aromatic carbocycles. The van der Waals surface area contributed by atoms with Crippen LogP contribution in [-0.2, 0) is 0 Å². The third-order valence-electron chi connectivity index (χ3n) is 7.79. The Hall–Kier alpha value is -6.96. The van der Waals surface area contributed by atoms with E-state index in [1.807, 2.05) is 0 Å². The molecule has 0 amide bonds. The molecular weight excluding hydrogens is 596 g/mol. The van der Waals surface area contributed by atoms with Crippen molar-refractivity contribution < 1.29 is 19.7 Å². The van der Waals surface area contributed by atoms with E-state index in [0.717, 1.165) is 0 Å². The first kappa shape index (κ1) is 27.8. The summed E-state index contributed by atoms with van der Waals surface area (Å²) in [6, 6.07) is 23.9. The van der Waals surface area contributed by atoms with Crippen LogP contribution in [0.5, 0.6) is 0 Å². The molecule has 2 aliphatic rings. The summed E-state index contributed by atoms with van der Waals surface area (Å²) in [5.41, 5.74) is 5.31. The minimum Gasteiger partial charge on any atom is -0.258 e. The first-order valence-corrected chi connectivity index (χ1v) is 13.5. The topological polar surface area (TPSA) is 197 Å². The van der Waals surface area contributed by atoms with E-state index < -0.39 is 19.7 Å². The number of nitro groups is 4. The second-order valence-corrected chi connectivity index (χ2v) is 10.4. The Morgan fingerprint density at radius 3 is 0.804 bits per heavy atom. The van der Waals surface area contributed by atoms with Crippen LogP contribution < -0.4 is 0 Å². The Balaban J connectivity index is 1.33. The van der Waals surface area contributed by atoms with Gasteiger partial charge in [0.1, 0.15) is 0 Å². The molecule has 7 rings (SSSR count). The largest absolute Gasteiger partial charge is 0.270 e. The van der Waals surface area contributed by atoms with Crippen LogP contribution in [0.25, 0.3) is 22.3 Å². The van der Waals surface area contributed by atoms with Crippen LogP contribution in [0.4, 0.5) is 34.1 Å². The summed E-state index contributed by atoms with van der Waals surface area (Å²) in [7, 11) is 0. The van der Waals surface area contributed by atoms with Crippen LogP contribution in [0.1, 0.15) is 22.3 Å². The molecule has 0 fully saturated rings. The molecule has 0 unspecified atom stereocenters. The lowest BCUT2D eigenvalue weighted by atomic mass is 10.1. The molecule has 0 radical (unpaired) electrons. The van der Waals surface area contributed by atoms with Crippen molar-refractivity contribution in [3.63, 3.8) is 0 Å². The molecule has 0 aromatic heterocycles. The van der Waals surface area contributed by atoms with Crippen molar-refractivity contribution in [2.45, 2.75) is 0 Å². The molecule has 0 N–H and O–H groups in total. The summed E-state index contributed by atoms with van der Waals surface area (Å²) in [6.45, 7) is 0. The van der Waals surface area contributed by atoms with Crippen LogP contribution in [0.15, 0.2) is 107 Å². The van der Waals surface area contributed by atoms with Gasteiger partial charge in [0, 0.05) is 70.8 Å². The molecule has 0 spiro atoms. The van der Waals surface area contributed by atoms with Gasteiger partial charge >= 0.3 is 0 Å². The average Bonchev–Trinajstić information content (AvgIpc) is 3.52. The molecule has 0 atom stereocenters. The highest BCUT2D eigenvalue weighted by Gasteiger charge is 2.30. The zero-order valence-electron chi connectivity index (χ0n) is 23.2. The molecule has 0 bridgehead atoms. The molecule has 14 nitrogen and oxygen atoms in total. The first-order valence-electron chi connectivity index (χ1n) is 13.5. The molecule has 0 saturated heterocycles. The lowest BCUT2D eigenvalue weighted by Gasteiger charge is -2.05. The van der Waals surface area contributed by atoms with Crippen molar-refractivity contribution in [3.05, 3.63) is 160 Å². The van der Waals surface area contributed by atoms with Crippen molar-refractivity contribution in [2.24, 2.45) is 9.98 Å². The predicted octanol–water partition coefficient (Wildman–Crippen LogP) is 7.62. The van der Waals surface area contributed by atoms with Crippen LogP contribution >= 0.6 is 0 Å². The lowest BCUT2D eigenvalue weighted by molar-refractivity contribution is -0.385. The van der Waals surface area contributed by atoms with Gasteiger partial charge in [0.25, 0.3) is 22.7 Å².